The summed E-state index contributed by atoms with van der Waals surface area (Å²) in [5, 5.41) is 0.973. The Morgan fingerprint density at radius 1 is 1.00 bits per heavy atom. The van der Waals surface area contributed by atoms with Crippen LogP contribution in [0.25, 0.3) is 11.3 Å². The fourth-order valence-corrected chi connectivity index (χ4v) is 2.71. The molecule has 0 saturated heterocycles. The van der Waals surface area contributed by atoms with E-state index in [-0.39, 0.29) is 5.56 Å². The number of hydrogen-bond acceptors (Lipinski definition) is 2. The third-order valence-electron chi connectivity index (χ3n) is 3.59. The molecule has 0 aliphatic carbocycles. The van der Waals surface area contributed by atoms with Crippen LogP contribution in [0.15, 0.2) is 59.4 Å². The first-order chi connectivity index (χ1) is 11.0. The van der Waals surface area contributed by atoms with Gasteiger partial charge in [0.25, 0.3) is 5.56 Å². The molecular weight excluding hydrogens is 331 g/mol. The maximum Gasteiger partial charge on any atom is 0.254 e. The second kappa shape index (κ2) is 6.57. The highest BCUT2D eigenvalue weighted by atomic mass is 35.5. The molecule has 0 saturated carbocycles. The maximum absolute atomic E-state index is 12.5. The van der Waals surface area contributed by atoms with E-state index in [1.807, 2.05) is 43.3 Å². The minimum absolute atomic E-state index is 0.0950. The van der Waals surface area contributed by atoms with Gasteiger partial charge in [0.05, 0.1) is 22.3 Å². The third kappa shape index (κ3) is 3.46. The number of aryl methyl sites for hydroxylation is 1. The molecule has 0 unspecified atom stereocenters. The van der Waals surface area contributed by atoms with Gasteiger partial charge in [0.1, 0.15) is 5.82 Å². The lowest BCUT2D eigenvalue weighted by molar-refractivity contribution is 0.702. The van der Waals surface area contributed by atoms with Crippen molar-refractivity contribution in [1.29, 1.82) is 0 Å². The Hall–Kier alpha value is -2.10. The van der Waals surface area contributed by atoms with Crippen LogP contribution in [0.3, 0.4) is 0 Å². The smallest absolute Gasteiger partial charge is 0.254 e. The van der Waals surface area contributed by atoms with Crippen molar-refractivity contribution in [3.05, 3.63) is 86.4 Å². The van der Waals surface area contributed by atoms with Crippen LogP contribution in [0.5, 0.6) is 0 Å². The van der Waals surface area contributed by atoms with Crippen molar-refractivity contribution in [2.45, 2.75) is 13.5 Å². The van der Waals surface area contributed by atoms with E-state index in [1.54, 1.807) is 22.8 Å². The van der Waals surface area contributed by atoms with Crippen molar-refractivity contribution >= 4 is 23.2 Å². The van der Waals surface area contributed by atoms with Crippen LogP contribution < -0.4 is 5.56 Å². The molecule has 0 atom stereocenters. The molecule has 5 heteroatoms. The Kier molecular flexibility index (Phi) is 4.51. The van der Waals surface area contributed by atoms with E-state index in [4.69, 9.17) is 23.2 Å². The van der Waals surface area contributed by atoms with Crippen LogP contribution in [-0.4, -0.2) is 9.55 Å². The van der Waals surface area contributed by atoms with Crippen molar-refractivity contribution in [2.24, 2.45) is 0 Å². The molecule has 0 amide bonds. The molecule has 3 nitrogen and oxygen atoms in total. The zero-order valence-electron chi connectivity index (χ0n) is 12.5. The Morgan fingerprint density at radius 2 is 1.74 bits per heavy atom. The molecule has 3 aromatic rings. The van der Waals surface area contributed by atoms with E-state index in [2.05, 4.69) is 4.98 Å². The zero-order chi connectivity index (χ0) is 16.4. The fourth-order valence-electron chi connectivity index (χ4n) is 2.39. The van der Waals surface area contributed by atoms with E-state index >= 15 is 0 Å². The Morgan fingerprint density at radius 3 is 2.39 bits per heavy atom. The van der Waals surface area contributed by atoms with Crippen LogP contribution in [-0.2, 0) is 6.54 Å². The third-order valence-corrected chi connectivity index (χ3v) is 4.33. The number of nitrogens with zero attached hydrogens (tertiary/aromatic N) is 2. The van der Waals surface area contributed by atoms with Crippen LogP contribution in [0.2, 0.25) is 10.0 Å². The number of rotatable bonds is 3. The molecule has 0 aliphatic heterocycles. The maximum atomic E-state index is 12.5. The highest BCUT2D eigenvalue weighted by molar-refractivity contribution is 6.42. The minimum atomic E-state index is -0.0950. The van der Waals surface area contributed by atoms with Crippen molar-refractivity contribution in [3.63, 3.8) is 0 Å². The first kappa shape index (κ1) is 15.8. The fraction of sp³-hybridized carbons (Fsp3) is 0.111. The van der Waals surface area contributed by atoms with E-state index in [0.29, 0.717) is 28.1 Å². The van der Waals surface area contributed by atoms with Gasteiger partial charge in [-0.2, -0.15) is 0 Å². The summed E-state index contributed by atoms with van der Waals surface area (Å²) in [6.45, 7) is 2.23. The quantitative estimate of drug-likeness (QED) is 0.697. The standard InChI is InChI=1S/C18H14Cl2N2O/c1-12-21-17(14-5-3-2-4-6-14)10-18(23)22(12)11-13-7-8-15(19)16(20)9-13/h2-10H,11H2,1H3. The Balaban J connectivity index is 1.98. The van der Waals surface area contributed by atoms with Gasteiger partial charge >= 0.3 is 0 Å². The van der Waals surface area contributed by atoms with Gasteiger partial charge in [0.2, 0.25) is 0 Å². The number of benzene rings is 2. The van der Waals surface area contributed by atoms with E-state index in [1.165, 1.54) is 0 Å². The van der Waals surface area contributed by atoms with Gasteiger partial charge in [-0.1, -0.05) is 59.6 Å². The van der Waals surface area contributed by atoms with Gasteiger partial charge in [-0.3, -0.25) is 9.36 Å². The molecule has 0 N–H and O–H groups in total. The summed E-state index contributed by atoms with van der Waals surface area (Å²) in [6.07, 6.45) is 0. The van der Waals surface area contributed by atoms with Gasteiger partial charge < -0.3 is 0 Å². The van der Waals surface area contributed by atoms with Crippen LogP contribution >= 0.6 is 23.2 Å². The van der Waals surface area contributed by atoms with Crippen molar-refractivity contribution in [3.8, 4) is 11.3 Å². The first-order valence-corrected chi connectivity index (χ1v) is 7.88. The van der Waals surface area contributed by atoms with Gasteiger partial charge in [-0.05, 0) is 24.6 Å². The summed E-state index contributed by atoms with van der Waals surface area (Å²) in [7, 11) is 0. The monoisotopic (exact) mass is 344 g/mol. The minimum Gasteiger partial charge on any atom is -0.292 e. The highest BCUT2D eigenvalue weighted by Crippen LogP contribution is 2.23. The van der Waals surface area contributed by atoms with Crippen LogP contribution in [0.1, 0.15) is 11.4 Å². The lowest BCUT2D eigenvalue weighted by atomic mass is 10.1. The number of aromatic nitrogens is 2. The summed E-state index contributed by atoms with van der Waals surface area (Å²) in [5.41, 5.74) is 2.41. The summed E-state index contributed by atoms with van der Waals surface area (Å²) in [4.78, 5) is 17.0. The Labute approximate surface area is 144 Å². The predicted octanol–water partition coefficient (Wildman–Crippen LogP) is 4.57. The molecule has 23 heavy (non-hydrogen) atoms. The number of halogens is 2. The second-order valence-corrected chi connectivity index (χ2v) is 6.04. The van der Waals surface area contributed by atoms with Gasteiger partial charge in [-0.25, -0.2) is 4.98 Å². The van der Waals surface area contributed by atoms with E-state index in [0.717, 1.165) is 11.1 Å². The van der Waals surface area contributed by atoms with Crippen LogP contribution in [0.4, 0.5) is 0 Å². The molecule has 0 aliphatic rings. The normalized spacial score (nSPS) is 10.7. The van der Waals surface area contributed by atoms with E-state index < -0.39 is 0 Å². The first-order valence-electron chi connectivity index (χ1n) is 7.12. The summed E-state index contributed by atoms with van der Waals surface area (Å²) < 4.78 is 1.62. The summed E-state index contributed by atoms with van der Waals surface area (Å²) in [5.74, 6) is 0.655. The molecule has 0 spiro atoms. The predicted molar refractivity (Wildman–Crippen MR) is 94.2 cm³/mol. The SMILES string of the molecule is Cc1nc(-c2ccccc2)cc(=O)n1Cc1ccc(Cl)c(Cl)c1. The molecule has 2 aromatic carbocycles. The molecule has 0 fully saturated rings. The molecule has 1 heterocycles. The molecule has 0 radical (unpaired) electrons. The largest absolute Gasteiger partial charge is 0.292 e. The zero-order valence-corrected chi connectivity index (χ0v) is 14.0. The van der Waals surface area contributed by atoms with Gasteiger partial charge in [-0.15, -0.1) is 0 Å². The summed E-state index contributed by atoms with van der Waals surface area (Å²) in [6, 6.07) is 16.6. The Bertz CT molecular complexity index is 905. The lowest BCUT2D eigenvalue weighted by Crippen LogP contribution is -2.23. The highest BCUT2D eigenvalue weighted by Gasteiger charge is 2.08. The molecule has 116 valence electrons. The number of hydrogen-bond donors (Lipinski definition) is 0. The summed E-state index contributed by atoms with van der Waals surface area (Å²) >= 11 is 12.0. The van der Waals surface area contributed by atoms with Crippen molar-refractivity contribution in [2.75, 3.05) is 0 Å². The van der Waals surface area contributed by atoms with Gasteiger partial charge in [0, 0.05) is 11.6 Å². The molecule has 3 rings (SSSR count). The topological polar surface area (TPSA) is 34.9 Å². The van der Waals surface area contributed by atoms with Crippen molar-refractivity contribution < 1.29 is 0 Å². The average Bonchev–Trinajstić information content (AvgIpc) is 2.55. The second-order valence-electron chi connectivity index (χ2n) is 5.23. The van der Waals surface area contributed by atoms with Gasteiger partial charge in [0.15, 0.2) is 0 Å². The van der Waals surface area contributed by atoms with Crippen molar-refractivity contribution in [1.82, 2.24) is 9.55 Å². The van der Waals surface area contributed by atoms with Crippen LogP contribution in [0, 0.1) is 6.92 Å². The molecular formula is C18H14Cl2N2O. The van der Waals surface area contributed by atoms with E-state index in [9.17, 15) is 4.79 Å². The lowest BCUT2D eigenvalue weighted by Gasteiger charge is -2.11. The molecule has 0 bridgehead atoms. The molecule has 1 aromatic heterocycles. The average molecular weight is 345 g/mol.